The molecule has 0 aliphatic heterocycles. The number of hydrogen-bond donors (Lipinski definition) is 0. The normalized spacial score (nSPS) is 12.3. The van der Waals surface area contributed by atoms with Crippen molar-refractivity contribution in [2.24, 2.45) is 0 Å². The molecule has 0 aromatic heterocycles. The van der Waals surface area contributed by atoms with Gasteiger partial charge in [0, 0.05) is 0 Å². The van der Waals surface area contributed by atoms with Crippen LogP contribution in [0.2, 0.25) is 13.1 Å². The van der Waals surface area contributed by atoms with Crippen LogP contribution in [0.25, 0.3) is 43.8 Å². The molecule has 0 bridgehead atoms. The maximum atomic E-state index is 13.0. The molecule has 0 heterocycles. The minimum absolute atomic E-state index is 0.103. The van der Waals surface area contributed by atoms with Crippen LogP contribution in [-0.2, 0) is 43.9 Å². The summed E-state index contributed by atoms with van der Waals surface area (Å²) in [5.41, 5.74) is -2.99. The van der Waals surface area contributed by atoms with Gasteiger partial charge in [0.1, 0.15) is 0 Å². The first kappa shape index (κ1) is 41.0. The van der Waals surface area contributed by atoms with Gasteiger partial charge in [0.25, 0.3) is 0 Å². The van der Waals surface area contributed by atoms with Gasteiger partial charge >= 0.3 is 63.2 Å². The fourth-order valence-electron chi connectivity index (χ4n) is 5.49. The van der Waals surface area contributed by atoms with E-state index in [1.165, 1.54) is 12.1 Å². The zero-order chi connectivity index (χ0) is 39.0. The van der Waals surface area contributed by atoms with Gasteiger partial charge in [-0.05, 0) is 47.5 Å². The number of alkyl halides is 12. The topological polar surface area (TPSA) is 0 Å². The number of hydrogen-bond acceptors (Lipinski definition) is 0. The Balaban J connectivity index is 0.000000211. The molecule has 0 unspecified atom stereocenters. The summed E-state index contributed by atoms with van der Waals surface area (Å²) in [6.45, 7) is 8.17. The van der Waals surface area contributed by atoms with Crippen LogP contribution >= 0.6 is 0 Å². The van der Waals surface area contributed by atoms with E-state index in [1.807, 2.05) is 26.0 Å². The first-order chi connectivity index (χ1) is 23.8. The van der Waals surface area contributed by atoms with Crippen LogP contribution in [0.3, 0.4) is 0 Å². The third kappa shape index (κ3) is 10.2. The Hall–Kier alpha value is -3.81. The summed E-state index contributed by atoms with van der Waals surface area (Å²) in [6.07, 6.45) is -19.3. The van der Waals surface area contributed by atoms with Crippen molar-refractivity contribution in [2.45, 2.75) is 51.6 Å². The van der Waals surface area contributed by atoms with Crippen molar-refractivity contribution < 1.29 is 71.9 Å². The average molecular weight is 789 g/mol. The summed E-state index contributed by atoms with van der Waals surface area (Å²) in [5, 5.41) is 2.80. The van der Waals surface area contributed by atoms with Crippen molar-refractivity contribution >= 4 is 27.7 Å². The van der Waals surface area contributed by atoms with E-state index in [2.05, 4.69) is 32.3 Å². The molecule has 0 amide bonds. The SMILES string of the molecule is C[Si](C)=[Ti+2].Cc1cc2c(-c3cc(C(F)(F)F)cc(C(F)(F)F)c3)cccc2[cH-]1.Cc1cc2c(-c3cc(C(F)(F)F)cc(C(F)(F)F)c3)cccc2[cH-]1. The Morgan fingerprint density at radius 2 is 0.731 bits per heavy atom. The monoisotopic (exact) mass is 788 g/mol. The molecule has 0 N–H and O–H groups in total. The second-order valence-electron chi connectivity index (χ2n) is 12.3. The second-order valence-corrected chi connectivity index (χ2v) is 19.0. The molecular formula is C38H28F12SiTi. The van der Waals surface area contributed by atoms with Gasteiger partial charge in [-0.2, -0.15) is 64.8 Å². The van der Waals surface area contributed by atoms with Crippen molar-refractivity contribution in [1.29, 1.82) is 0 Å². The molecule has 0 aliphatic carbocycles. The summed E-state index contributed by atoms with van der Waals surface area (Å²) in [4.78, 5) is 0. The minimum atomic E-state index is -4.86. The molecule has 0 saturated heterocycles. The van der Waals surface area contributed by atoms with Crippen molar-refractivity contribution in [2.75, 3.05) is 0 Å². The van der Waals surface area contributed by atoms with Crippen molar-refractivity contribution in [3.05, 3.63) is 130 Å². The quantitative estimate of drug-likeness (QED) is 0.0931. The standard InChI is InChI=1S/2C18H11F6.C2H6Si.Ti/c2*1-10-5-11-3-2-4-15(16(11)6-10)12-7-13(17(19,20)21)9-14(8-12)18(22,23)24;1-3-2;/h2*2-9H,1H3;1-2H3;/q2*-1;;+2. The molecule has 0 radical (unpaired) electrons. The smallest absolute Gasteiger partial charge is 0.166 e. The first-order valence-electron chi connectivity index (χ1n) is 15.3. The maximum Gasteiger partial charge on any atom is 0.416 e. The summed E-state index contributed by atoms with van der Waals surface area (Å²) in [5.74, 6) is 0. The van der Waals surface area contributed by atoms with E-state index in [9.17, 15) is 52.7 Å². The molecule has 0 aliphatic rings. The van der Waals surface area contributed by atoms with E-state index in [4.69, 9.17) is 0 Å². The Kier molecular flexibility index (Phi) is 12.0. The van der Waals surface area contributed by atoms with Gasteiger partial charge in [-0.15, -0.1) is 69.1 Å². The van der Waals surface area contributed by atoms with Crippen LogP contribution in [-0.4, -0.2) is 6.19 Å². The zero-order valence-corrected chi connectivity index (χ0v) is 30.3. The van der Waals surface area contributed by atoms with Crippen LogP contribution in [0.4, 0.5) is 52.7 Å². The van der Waals surface area contributed by atoms with E-state index in [0.717, 1.165) is 46.2 Å². The van der Waals surface area contributed by atoms with Gasteiger partial charge in [0.05, 0.1) is 22.3 Å². The van der Waals surface area contributed by atoms with Crippen molar-refractivity contribution in [3.63, 3.8) is 0 Å². The molecule has 6 aromatic rings. The Labute approximate surface area is 303 Å². The third-order valence-corrected chi connectivity index (χ3v) is 7.59. The summed E-state index contributed by atoms with van der Waals surface area (Å²) in [6, 6.07) is 20.3. The van der Waals surface area contributed by atoms with Crippen molar-refractivity contribution in [1.82, 2.24) is 0 Å². The number of halogens is 12. The van der Waals surface area contributed by atoms with Crippen LogP contribution in [0.5, 0.6) is 0 Å². The Morgan fingerprint density at radius 3 is 0.981 bits per heavy atom. The number of benzene rings is 4. The summed E-state index contributed by atoms with van der Waals surface area (Å²) in [7, 11) is 0. The predicted octanol–water partition coefficient (Wildman–Crippen LogP) is 13.9. The molecule has 0 saturated carbocycles. The number of rotatable bonds is 2. The molecule has 52 heavy (non-hydrogen) atoms. The Morgan fingerprint density at radius 1 is 0.462 bits per heavy atom. The van der Waals surface area contributed by atoms with E-state index in [1.54, 1.807) is 36.4 Å². The molecule has 0 fully saturated rings. The van der Waals surface area contributed by atoms with Crippen LogP contribution in [0.15, 0.2) is 97.1 Å². The number of aryl methyl sites for hydroxylation is 2. The molecule has 0 spiro atoms. The van der Waals surface area contributed by atoms with Crippen LogP contribution < -0.4 is 0 Å². The molecule has 272 valence electrons. The molecule has 6 rings (SSSR count). The van der Waals surface area contributed by atoms with Gasteiger partial charge in [0.2, 0.25) is 0 Å². The molecule has 0 nitrogen and oxygen atoms in total. The fraction of sp³-hybridized carbons (Fsp3) is 0.211. The first-order valence-corrected chi connectivity index (χ1v) is 20.1. The largest absolute Gasteiger partial charge is 0.416 e. The van der Waals surface area contributed by atoms with Gasteiger partial charge in [0.15, 0.2) is 0 Å². The van der Waals surface area contributed by atoms with Crippen LogP contribution in [0.1, 0.15) is 33.4 Å². The van der Waals surface area contributed by atoms with Gasteiger partial charge < -0.3 is 0 Å². The summed E-state index contributed by atoms with van der Waals surface area (Å²) >= 11 is 2.27. The molecule has 0 atom stereocenters. The molecular weight excluding hydrogens is 760 g/mol. The van der Waals surface area contributed by atoms with Crippen LogP contribution in [0, 0.1) is 13.8 Å². The van der Waals surface area contributed by atoms with E-state index < -0.39 is 47.0 Å². The Bertz CT molecular complexity index is 1990. The number of fused-ring (bicyclic) bond motifs is 2. The van der Waals surface area contributed by atoms with E-state index in [-0.39, 0.29) is 29.4 Å². The van der Waals surface area contributed by atoms with E-state index >= 15 is 0 Å². The third-order valence-electron chi connectivity index (χ3n) is 7.59. The molecule has 6 aromatic carbocycles. The predicted molar refractivity (Wildman–Crippen MR) is 177 cm³/mol. The summed E-state index contributed by atoms with van der Waals surface area (Å²) < 4.78 is 156. The molecule has 14 heteroatoms. The fourth-order valence-corrected chi connectivity index (χ4v) is 5.49. The zero-order valence-electron chi connectivity index (χ0n) is 27.8. The maximum absolute atomic E-state index is 13.0. The average Bonchev–Trinajstić information content (AvgIpc) is 3.59. The van der Waals surface area contributed by atoms with Gasteiger partial charge in [-0.25, -0.2) is 0 Å². The van der Waals surface area contributed by atoms with Gasteiger partial charge in [-0.1, -0.05) is 37.1 Å². The second kappa shape index (κ2) is 15.3. The minimum Gasteiger partial charge on any atom is -0.166 e. The van der Waals surface area contributed by atoms with Gasteiger partial charge in [-0.3, -0.25) is 0 Å². The van der Waals surface area contributed by atoms with E-state index in [0.29, 0.717) is 21.9 Å². The van der Waals surface area contributed by atoms with Crippen molar-refractivity contribution in [3.8, 4) is 22.3 Å².